The normalized spacial score (nSPS) is 11.9. The van der Waals surface area contributed by atoms with Gasteiger partial charge in [0.2, 0.25) is 0 Å². The Hall–Kier alpha value is -1.07. The van der Waals surface area contributed by atoms with Crippen molar-refractivity contribution in [2.24, 2.45) is 0 Å². The molecule has 0 spiro atoms. The lowest BCUT2D eigenvalue weighted by Gasteiger charge is -2.14. The summed E-state index contributed by atoms with van der Waals surface area (Å²) in [7, 11) is 0. The van der Waals surface area contributed by atoms with Crippen LogP contribution in [0.5, 0.6) is 0 Å². The number of benzene rings is 2. The zero-order valence-corrected chi connectivity index (χ0v) is 13.3. The maximum absolute atomic E-state index is 12.1. The van der Waals surface area contributed by atoms with Gasteiger partial charge in [-0.25, -0.2) is 0 Å². The second-order valence-electron chi connectivity index (χ2n) is 4.25. The van der Waals surface area contributed by atoms with Crippen LogP contribution in [0.25, 0.3) is 0 Å². The molecule has 2 aromatic carbocycles. The van der Waals surface area contributed by atoms with Crippen LogP contribution in [0.2, 0.25) is 5.02 Å². The number of carbonyl (C=O) groups excluding carboxylic acids is 1. The Morgan fingerprint density at radius 3 is 2.26 bits per heavy atom. The molecule has 1 amide bonds. The van der Waals surface area contributed by atoms with Gasteiger partial charge in [-0.3, -0.25) is 4.79 Å². The second kappa shape index (κ2) is 6.39. The highest BCUT2D eigenvalue weighted by Gasteiger charge is 2.11. The molecule has 0 fully saturated rings. The van der Waals surface area contributed by atoms with Crippen molar-refractivity contribution in [2.75, 3.05) is 0 Å². The van der Waals surface area contributed by atoms with E-state index in [0.29, 0.717) is 10.6 Å². The van der Waals surface area contributed by atoms with Crippen LogP contribution < -0.4 is 5.32 Å². The average Bonchev–Trinajstić information content (AvgIpc) is 2.40. The molecule has 1 N–H and O–H groups in total. The SMILES string of the molecule is CC(NC(=O)c1ccc(I)cc1)c1ccc(Cl)cc1. The highest BCUT2D eigenvalue weighted by atomic mass is 127. The first-order valence-electron chi connectivity index (χ1n) is 5.88. The minimum atomic E-state index is -0.0705. The quantitative estimate of drug-likeness (QED) is 0.778. The molecule has 2 aromatic rings. The summed E-state index contributed by atoms with van der Waals surface area (Å²) in [5.41, 5.74) is 1.70. The number of rotatable bonds is 3. The molecule has 98 valence electrons. The maximum Gasteiger partial charge on any atom is 0.251 e. The largest absolute Gasteiger partial charge is 0.346 e. The topological polar surface area (TPSA) is 29.1 Å². The Bertz CT molecular complexity index is 566. The second-order valence-corrected chi connectivity index (χ2v) is 5.94. The highest BCUT2D eigenvalue weighted by Crippen LogP contribution is 2.16. The summed E-state index contributed by atoms with van der Waals surface area (Å²) < 4.78 is 1.11. The molecule has 0 radical (unpaired) electrons. The minimum Gasteiger partial charge on any atom is -0.346 e. The van der Waals surface area contributed by atoms with Crippen LogP contribution >= 0.6 is 34.2 Å². The third-order valence-electron chi connectivity index (χ3n) is 2.82. The molecule has 0 aromatic heterocycles. The molecule has 0 heterocycles. The van der Waals surface area contributed by atoms with Gasteiger partial charge in [0.25, 0.3) is 5.91 Å². The molecule has 19 heavy (non-hydrogen) atoms. The summed E-state index contributed by atoms with van der Waals surface area (Å²) >= 11 is 8.06. The fourth-order valence-electron chi connectivity index (χ4n) is 1.72. The molecular weight excluding hydrogens is 373 g/mol. The summed E-state index contributed by atoms with van der Waals surface area (Å²) in [6, 6.07) is 14.9. The number of halogens is 2. The van der Waals surface area contributed by atoms with E-state index in [0.717, 1.165) is 9.13 Å². The van der Waals surface area contributed by atoms with E-state index >= 15 is 0 Å². The molecule has 2 rings (SSSR count). The number of amides is 1. The van der Waals surface area contributed by atoms with E-state index in [-0.39, 0.29) is 11.9 Å². The smallest absolute Gasteiger partial charge is 0.251 e. The van der Waals surface area contributed by atoms with Gasteiger partial charge in [-0.2, -0.15) is 0 Å². The Kier molecular flexibility index (Phi) is 4.82. The van der Waals surface area contributed by atoms with Gasteiger partial charge >= 0.3 is 0 Å². The summed E-state index contributed by atoms with van der Waals surface area (Å²) in [5.74, 6) is -0.0705. The summed E-state index contributed by atoms with van der Waals surface area (Å²) in [6.07, 6.45) is 0. The molecule has 0 aliphatic heterocycles. The van der Waals surface area contributed by atoms with Crippen molar-refractivity contribution in [1.82, 2.24) is 5.32 Å². The summed E-state index contributed by atoms with van der Waals surface area (Å²) in [4.78, 5) is 12.1. The number of hydrogen-bond acceptors (Lipinski definition) is 1. The van der Waals surface area contributed by atoms with Crippen LogP contribution in [-0.2, 0) is 0 Å². The standard InChI is InChI=1S/C15H13ClINO/c1-10(11-2-6-13(16)7-3-11)18-15(19)12-4-8-14(17)9-5-12/h2-10H,1H3,(H,18,19). The number of nitrogens with one attached hydrogen (secondary N) is 1. The first kappa shape index (κ1) is 14.3. The van der Waals surface area contributed by atoms with Crippen LogP contribution in [0.4, 0.5) is 0 Å². The molecule has 0 aliphatic rings. The van der Waals surface area contributed by atoms with Crippen molar-refractivity contribution in [3.63, 3.8) is 0 Å². The molecule has 2 nitrogen and oxygen atoms in total. The van der Waals surface area contributed by atoms with Gasteiger partial charge in [0.05, 0.1) is 6.04 Å². The molecular formula is C15H13ClINO. The van der Waals surface area contributed by atoms with E-state index in [1.54, 1.807) is 0 Å². The van der Waals surface area contributed by atoms with E-state index in [1.807, 2.05) is 55.5 Å². The molecule has 0 aliphatic carbocycles. The van der Waals surface area contributed by atoms with Gasteiger partial charge in [-0.1, -0.05) is 23.7 Å². The first-order chi connectivity index (χ1) is 9.06. The Balaban J connectivity index is 2.06. The monoisotopic (exact) mass is 385 g/mol. The Morgan fingerprint density at radius 1 is 1.11 bits per heavy atom. The molecule has 0 bridgehead atoms. The van der Waals surface area contributed by atoms with E-state index in [4.69, 9.17) is 11.6 Å². The van der Waals surface area contributed by atoms with E-state index in [1.165, 1.54) is 0 Å². The van der Waals surface area contributed by atoms with E-state index in [2.05, 4.69) is 27.9 Å². The number of hydrogen-bond donors (Lipinski definition) is 1. The minimum absolute atomic E-state index is 0.0518. The third kappa shape index (κ3) is 3.94. The average molecular weight is 386 g/mol. The van der Waals surface area contributed by atoms with Crippen molar-refractivity contribution in [2.45, 2.75) is 13.0 Å². The fourth-order valence-corrected chi connectivity index (χ4v) is 2.20. The predicted molar refractivity (Wildman–Crippen MR) is 86.5 cm³/mol. The van der Waals surface area contributed by atoms with Crippen molar-refractivity contribution in [3.8, 4) is 0 Å². The van der Waals surface area contributed by atoms with E-state index in [9.17, 15) is 4.79 Å². The molecule has 0 saturated carbocycles. The van der Waals surface area contributed by atoms with Crippen molar-refractivity contribution in [1.29, 1.82) is 0 Å². The van der Waals surface area contributed by atoms with Gasteiger partial charge in [-0.15, -0.1) is 0 Å². The van der Waals surface area contributed by atoms with E-state index < -0.39 is 0 Å². The Morgan fingerprint density at radius 2 is 1.68 bits per heavy atom. The zero-order chi connectivity index (χ0) is 13.8. The molecule has 0 saturated heterocycles. The predicted octanol–water partition coefficient (Wildman–Crippen LogP) is 4.44. The fraction of sp³-hybridized carbons (Fsp3) is 0.133. The van der Waals surface area contributed by atoms with Crippen LogP contribution in [0.1, 0.15) is 28.9 Å². The van der Waals surface area contributed by atoms with Gasteiger partial charge in [0, 0.05) is 14.2 Å². The maximum atomic E-state index is 12.1. The van der Waals surface area contributed by atoms with Crippen molar-refractivity contribution < 1.29 is 4.79 Å². The lowest BCUT2D eigenvalue weighted by atomic mass is 10.1. The molecule has 1 atom stereocenters. The Labute approximate surface area is 131 Å². The van der Waals surface area contributed by atoms with Gasteiger partial charge in [0.1, 0.15) is 0 Å². The molecule has 4 heteroatoms. The highest BCUT2D eigenvalue weighted by molar-refractivity contribution is 14.1. The van der Waals surface area contributed by atoms with Crippen LogP contribution in [0, 0.1) is 3.57 Å². The van der Waals surface area contributed by atoms with Gasteiger partial charge in [-0.05, 0) is 71.5 Å². The summed E-state index contributed by atoms with van der Waals surface area (Å²) in [5, 5.41) is 3.66. The van der Waals surface area contributed by atoms with Gasteiger partial charge in [0.15, 0.2) is 0 Å². The lowest BCUT2D eigenvalue weighted by Crippen LogP contribution is -2.26. The van der Waals surface area contributed by atoms with Crippen LogP contribution in [0.3, 0.4) is 0 Å². The van der Waals surface area contributed by atoms with Crippen molar-refractivity contribution >= 4 is 40.1 Å². The lowest BCUT2D eigenvalue weighted by molar-refractivity contribution is 0.0940. The first-order valence-corrected chi connectivity index (χ1v) is 7.34. The zero-order valence-electron chi connectivity index (χ0n) is 10.4. The van der Waals surface area contributed by atoms with Crippen molar-refractivity contribution in [3.05, 3.63) is 68.3 Å². The summed E-state index contributed by atoms with van der Waals surface area (Å²) in [6.45, 7) is 1.95. The van der Waals surface area contributed by atoms with Crippen LogP contribution in [0.15, 0.2) is 48.5 Å². The van der Waals surface area contributed by atoms with Gasteiger partial charge < -0.3 is 5.32 Å². The van der Waals surface area contributed by atoms with Crippen LogP contribution in [-0.4, -0.2) is 5.91 Å². The third-order valence-corrected chi connectivity index (χ3v) is 3.80. The molecule has 1 unspecified atom stereocenters. The number of carbonyl (C=O) groups is 1.